The van der Waals surface area contributed by atoms with Crippen LogP contribution >= 0.6 is 0 Å². The second-order valence-electron chi connectivity index (χ2n) is 5.84. The Morgan fingerprint density at radius 1 is 0.947 bits per heavy atom. The zero-order valence-electron chi connectivity index (χ0n) is 11.6. The highest BCUT2D eigenvalue weighted by Gasteiger charge is 2.24. The molecule has 4 nitrogen and oxygen atoms in total. The van der Waals surface area contributed by atoms with Crippen molar-refractivity contribution < 1.29 is 0 Å². The normalized spacial score (nSPS) is 25.5. The van der Waals surface area contributed by atoms with Gasteiger partial charge in [-0.1, -0.05) is 19.3 Å². The Morgan fingerprint density at radius 3 is 2.47 bits per heavy atom. The summed E-state index contributed by atoms with van der Waals surface area (Å²) < 4.78 is 0. The average molecular weight is 260 g/mol. The Morgan fingerprint density at radius 2 is 1.68 bits per heavy atom. The molecule has 0 radical (unpaired) electrons. The fourth-order valence-corrected chi connectivity index (χ4v) is 3.35. The highest BCUT2D eigenvalue weighted by molar-refractivity contribution is 5.29. The lowest BCUT2D eigenvalue weighted by molar-refractivity contribution is 0.311. The molecule has 1 unspecified atom stereocenters. The third-order valence-electron chi connectivity index (χ3n) is 4.33. The van der Waals surface area contributed by atoms with Gasteiger partial charge in [-0.15, -0.1) is 0 Å². The quantitative estimate of drug-likeness (QED) is 0.906. The van der Waals surface area contributed by atoms with Gasteiger partial charge in [0.15, 0.2) is 0 Å². The zero-order valence-corrected chi connectivity index (χ0v) is 11.6. The van der Waals surface area contributed by atoms with Gasteiger partial charge >= 0.3 is 0 Å². The van der Waals surface area contributed by atoms with Gasteiger partial charge in [-0.05, 0) is 31.7 Å². The number of hydrogen-bond acceptors (Lipinski definition) is 4. The molecule has 0 bridgehead atoms. The molecule has 2 fully saturated rings. The Labute approximate surface area is 115 Å². The van der Waals surface area contributed by atoms with E-state index in [-0.39, 0.29) is 0 Å². The molecule has 1 aromatic heterocycles. The molecule has 0 spiro atoms. The van der Waals surface area contributed by atoms with E-state index in [2.05, 4.69) is 20.2 Å². The predicted molar refractivity (Wildman–Crippen MR) is 77.3 cm³/mol. The first-order valence-electron chi connectivity index (χ1n) is 7.70. The fraction of sp³-hybridized carbons (Fsp3) is 0.733. The van der Waals surface area contributed by atoms with Gasteiger partial charge in [0.25, 0.3) is 0 Å². The molecule has 2 heterocycles. The maximum atomic E-state index is 4.37. The van der Waals surface area contributed by atoms with E-state index in [0.29, 0.717) is 6.04 Å². The number of aromatic nitrogens is 2. The van der Waals surface area contributed by atoms with Crippen LogP contribution in [0, 0.1) is 0 Å². The van der Waals surface area contributed by atoms with Gasteiger partial charge < -0.3 is 10.2 Å². The van der Waals surface area contributed by atoms with Gasteiger partial charge in [0.2, 0.25) is 5.95 Å². The van der Waals surface area contributed by atoms with Crippen LogP contribution in [-0.4, -0.2) is 35.1 Å². The van der Waals surface area contributed by atoms with E-state index < -0.39 is 0 Å². The molecule has 4 heteroatoms. The molecule has 19 heavy (non-hydrogen) atoms. The lowest BCUT2D eigenvalue weighted by atomic mass is 9.94. The van der Waals surface area contributed by atoms with Gasteiger partial charge in [-0.25, -0.2) is 9.97 Å². The zero-order chi connectivity index (χ0) is 12.9. The molecular formula is C15H24N4. The lowest BCUT2D eigenvalue weighted by Gasteiger charge is -2.36. The Hall–Kier alpha value is -1.16. The van der Waals surface area contributed by atoms with Crippen molar-refractivity contribution in [2.45, 2.75) is 57.0 Å². The third kappa shape index (κ3) is 3.44. The first-order valence-corrected chi connectivity index (χ1v) is 7.70. The fourth-order valence-electron chi connectivity index (χ4n) is 3.35. The summed E-state index contributed by atoms with van der Waals surface area (Å²) in [6, 6.07) is 3.24. The van der Waals surface area contributed by atoms with Crippen LogP contribution in [0.2, 0.25) is 0 Å². The predicted octanol–water partition coefficient (Wildman–Crippen LogP) is 2.37. The summed E-state index contributed by atoms with van der Waals surface area (Å²) in [6.07, 6.45) is 13.1. The second kappa shape index (κ2) is 6.33. The van der Waals surface area contributed by atoms with Crippen molar-refractivity contribution in [3.05, 3.63) is 18.5 Å². The largest absolute Gasteiger partial charge is 0.339 e. The molecule has 1 aromatic rings. The average Bonchev–Trinajstić information content (AvgIpc) is 2.49. The molecule has 0 amide bonds. The van der Waals surface area contributed by atoms with Crippen LogP contribution < -0.4 is 10.2 Å². The summed E-state index contributed by atoms with van der Waals surface area (Å²) in [5, 5.41) is 3.86. The van der Waals surface area contributed by atoms with Crippen molar-refractivity contribution in [3.63, 3.8) is 0 Å². The molecule has 2 aliphatic rings. The Bertz CT molecular complexity index is 375. The Kier molecular flexibility index (Phi) is 4.28. The third-order valence-corrected chi connectivity index (χ3v) is 4.33. The van der Waals surface area contributed by atoms with E-state index in [4.69, 9.17) is 0 Å². The molecule has 0 aromatic carbocycles. The van der Waals surface area contributed by atoms with E-state index in [9.17, 15) is 0 Å². The number of nitrogens with one attached hydrogen (secondary N) is 1. The van der Waals surface area contributed by atoms with Crippen LogP contribution in [0.1, 0.15) is 44.9 Å². The number of anilines is 1. The van der Waals surface area contributed by atoms with Crippen molar-refractivity contribution in [1.29, 1.82) is 0 Å². The van der Waals surface area contributed by atoms with Crippen molar-refractivity contribution in [2.75, 3.05) is 18.0 Å². The van der Waals surface area contributed by atoms with E-state index in [1.54, 1.807) is 0 Å². The van der Waals surface area contributed by atoms with Crippen LogP contribution in [0.5, 0.6) is 0 Å². The number of piperidine rings is 1. The minimum Gasteiger partial charge on any atom is -0.339 e. The summed E-state index contributed by atoms with van der Waals surface area (Å²) in [5.74, 6) is 0.887. The minimum absolute atomic E-state index is 0.612. The van der Waals surface area contributed by atoms with Crippen molar-refractivity contribution >= 4 is 5.95 Å². The summed E-state index contributed by atoms with van der Waals surface area (Å²) in [7, 11) is 0. The van der Waals surface area contributed by atoms with Crippen LogP contribution in [0.3, 0.4) is 0 Å². The lowest BCUT2D eigenvalue weighted by Crippen LogP contribution is -2.50. The van der Waals surface area contributed by atoms with Gasteiger partial charge in [-0.2, -0.15) is 0 Å². The molecule has 1 N–H and O–H groups in total. The van der Waals surface area contributed by atoms with Gasteiger partial charge in [0.05, 0.1) is 0 Å². The van der Waals surface area contributed by atoms with E-state index in [1.165, 1.54) is 44.9 Å². The SMILES string of the molecule is c1cnc(N2CCCC(NC3CCCCC3)C2)nc1. The highest BCUT2D eigenvalue weighted by Crippen LogP contribution is 2.21. The van der Waals surface area contributed by atoms with Gasteiger partial charge in [-0.3, -0.25) is 0 Å². The molecular weight excluding hydrogens is 236 g/mol. The summed E-state index contributed by atoms with van der Waals surface area (Å²) in [4.78, 5) is 11.1. The summed E-state index contributed by atoms with van der Waals surface area (Å²) in [6.45, 7) is 2.15. The van der Waals surface area contributed by atoms with E-state index in [1.807, 2.05) is 18.5 Å². The van der Waals surface area contributed by atoms with E-state index >= 15 is 0 Å². The summed E-state index contributed by atoms with van der Waals surface area (Å²) in [5.41, 5.74) is 0. The van der Waals surface area contributed by atoms with Crippen molar-refractivity contribution in [1.82, 2.24) is 15.3 Å². The minimum atomic E-state index is 0.612. The van der Waals surface area contributed by atoms with Crippen molar-refractivity contribution in [2.24, 2.45) is 0 Å². The second-order valence-corrected chi connectivity index (χ2v) is 5.84. The van der Waals surface area contributed by atoms with E-state index in [0.717, 1.165) is 25.1 Å². The molecule has 1 atom stereocenters. The maximum Gasteiger partial charge on any atom is 0.225 e. The standard InChI is InChI=1S/C15H24N4/c1-2-6-13(7-3-1)18-14-8-4-11-19(12-14)15-16-9-5-10-17-15/h5,9-10,13-14,18H,1-4,6-8,11-12H2. The maximum absolute atomic E-state index is 4.37. The number of rotatable bonds is 3. The monoisotopic (exact) mass is 260 g/mol. The molecule has 3 rings (SSSR count). The van der Waals surface area contributed by atoms with Crippen molar-refractivity contribution in [3.8, 4) is 0 Å². The molecule has 1 saturated carbocycles. The number of nitrogens with zero attached hydrogens (tertiary/aromatic N) is 3. The first kappa shape index (κ1) is 12.9. The van der Waals surface area contributed by atoms with Crippen LogP contribution in [-0.2, 0) is 0 Å². The smallest absolute Gasteiger partial charge is 0.225 e. The molecule has 104 valence electrons. The van der Waals surface area contributed by atoms with Gasteiger partial charge in [0, 0.05) is 37.6 Å². The van der Waals surface area contributed by atoms with Gasteiger partial charge in [0.1, 0.15) is 0 Å². The Balaban J connectivity index is 1.55. The summed E-state index contributed by atoms with van der Waals surface area (Å²) >= 11 is 0. The van der Waals surface area contributed by atoms with Crippen LogP contribution in [0.25, 0.3) is 0 Å². The molecule has 1 aliphatic heterocycles. The molecule has 1 saturated heterocycles. The highest BCUT2D eigenvalue weighted by atomic mass is 15.3. The first-order chi connectivity index (χ1) is 9.42. The van der Waals surface area contributed by atoms with Crippen LogP contribution in [0.15, 0.2) is 18.5 Å². The number of hydrogen-bond donors (Lipinski definition) is 1. The van der Waals surface area contributed by atoms with Crippen LogP contribution in [0.4, 0.5) is 5.95 Å². The molecule has 1 aliphatic carbocycles. The topological polar surface area (TPSA) is 41.1 Å².